The molecule has 1 amide bonds. The Labute approximate surface area is 91.1 Å². The lowest BCUT2D eigenvalue weighted by molar-refractivity contribution is -0.134. The number of hydrogen-bond acceptors (Lipinski definition) is 2. The minimum atomic E-state index is -0.305. The van der Waals surface area contributed by atoms with E-state index in [9.17, 15) is 9.59 Å². The molecule has 1 aliphatic rings. The molecular weight excluding hydrogens is 190 g/mol. The van der Waals surface area contributed by atoms with Crippen molar-refractivity contribution < 1.29 is 9.59 Å². The minimum Gasteiger partial charge on any atom is -0.342 e. The SMILES string of the molecule is C=C(C(C)=O)[C@@H](CC)C(=O)N1CCCC1. The second-order valence-electron chi connectivity index (χ2n) is 4.07. The van der Waals surface area contributed by atoms with Crippen molar-refractivity contribution in [1.29, 1.82) is 0 Å². The number of rotatable bonds is 4. The summed E-state index contributed by atoms with van der Waals surface area (Å²) >= 11 is 0. The van der Waals surface area contributed by atoms with Crippen molar-refractivity contribution in [3.05, 3.63) is 12.2 Å². The zero-order chi connectivity index (χ0) is 11.4. The predicted octanol–water partition coefficient (Wildman–Crippen LogP) is 1.78. The van der Waals surface area contributed by atoms with Crippen molar-refractivity contribution in [3.8, 4) is 0 Å². The molecule has 0 N–H and O–H groups in total. The maximum Gasteiger partial charge on any atom is 0.230 e. The van der Waals surface area contributed by atoms with Crippen LogP contribution in [0.5, 0.6) is 0 Å². The van der Waals surface area contributed by atoms with Gasteiger partial charge >= 0.3 is 0 Å². The van der Waals surface area contributed by atoms with Crippen LogP contribution in [0.2, 0.25) is 0 Å². The number of likely N-dealkylation sites (tertiary alicyclic amines) is 1. The van der Waals surface area contributed by atoms with Crippen LogP contribution in [0, 0.1) is 5.92 Å². The number of nitrogens with zero attached hydrogens (tertiary/aromatic N) is 1. The van der Waals surface area contributed by atoms with Gasteiger partial charge in [0, 0.05) is 18.7 Å². The summed E-state index contributed by atoms with van der Waals surface area (Å²) in [5.41, 5.74) is 0.453. The fraction of sp³-hybridized carbons (Fsp3) is 0.667. The van der Waals surface area contributed by atoms with Crippen LogP contribution >= 0.6 is 0 Å². The van der Waals surface area contributed by atoms with Crippen LogP contribution < -0.4 is 0 Å². The molecule has 1 fully saturated rings. The average Bonchev–Trinajstić information content (AvgIpc) is 2.71. The third-order valence-corrected chi connectivity index (χ3v) is 3.00. The Morgan fingerprint density at radius 2 is 1.87 bits per heavy atom. The molecule has 0 radical (unpaired) electrons. The number of ketones is 1. The predicted molar refractivity (Wildman–Crippen MR) is 59.4 cm³/mol. The topological polar surface area (TPSA) is 37.4 Å². The molecular formula is C12H19NO2. The van der Waals surface area contributed by atoms with Crippen molar-refractivity contribution in [2.24, 2.45) is 5.92 Å². The fourth-order valence-corrected chi connectivity index (χ4v) is 1.97. The van der Waals surface area contributed by atoms with E-state index in [1.807, 2.05) is 11.8 Å². The Morgan fingerprint density at radius 3 is 2.27 bits per heavy atom. The normalized spacial score (nSPS) is 17.6. The first-order valence-electron chi connectivity index (χ1n) is 5.56. The van der Waals surface area contributed by atoms with Gasteiger partial charge in [0.15, 0.2) is 5.78 Å². The first kappa shape index (κ1) is 12.0. The Bertz CT molecular complexity index is 277. The van der Waals surface area contributed by atoms with Gasteiger partial charge in [0.1, 0.15) is 0 Å². The molecule has 0 saturated carbocycles. The highest BCUT2D eigenvalue weighted by Crippen LogP contribution is 2.20. The monoisotopic (exact) mass is 209 g/mol. The largest absolute Gasteiger partial charge is 0.342 e. The van der Waals surface area contributed by atoms with E-state index in [-0.39, 0.29) is 17.6 Å². The molecule has 0 aliphatic carbocycles. The summed E-state index contributed by atoms with van der Waals surface area (Å²) in [7, 11) is 0. The van der Waals surface area contributed by atoms with Crippen molar-refractivity contribution in [2.45, 2.75) is 33.1 Å². The molecule has 15 heavy (non-hydrogen) atoms. The molecule has 1 rings (SSSR count). The van der Waals surface area contributed by atoms with Gasteiger partial charge in [0.25, 0.3) is 0 Å². The fourth-order valence-electron chi connectivity index (χ4n) is 1.97. The molecule has 1 aliphatic heterocycles. The highest BCUT2D eigenvalue weighted by molar-refractivity contribution is 5.99. The minimum absolute atomic E-state index is 0.0746. The third-order valence-electron chi connectivity index (χ3n) is 3.00. The third kappa shape index (κ3) is 2.67. The smallest absolute Gasteiger partial charge is 0.230 e. The molecule has 0 spiro atoms. The Balaban J connectivity index is 2.69. The highest BCUT2D eigenvalue weighted by Gasteiger charge is 2.28. The Kier molecular flexibility index (Phi) is 4.06. The van der Waals surface area contributed by atoms with Crippen LogP contribution in [0.3, 0.4) is 0 Å². The lowest BCUT2D eigenvalue weighted by atomic mass is 9.93. The summed E-state index contributed by atoms with van der Waals surface area (Å²) in [5.74, 6) is -0.301. The van der Waals surface area contributed by atoms with E-state index in [0.29, 0.717) is 12.0 Å². The molecule has 3 nitrogen and oxygen atoms in total. The summed E-state index contributed by atoms with van der Waals surface area (Å²) < 4.78 is 0. The molecule has 0 bridgehead atoms. The van der Waals surface area contributed by atoms with Gasteiger partial charge in [-0.1, -0.05) is 13.5 Å². The summed E-state index contributed by atoms with van der Waals surface area (Å²) in [6.45, 7) is 8.79. The standard InChI is InChI=1S/C12H19NO2/c1-4-11(9(2)10(3)14)12(15)13-7-5-6-8-13/h11H,2,4-8H2,1,3H3/t11-/m1/s1. The molecule has 1 heterocycles. The average molecular weight is 209 g/mol. The van der Waals surface area contributed by atoms with E-state index in [2.05, 4.69) is 6.58 Å². The number of hydrogen-bond donors (Lipinski definition) is 0. The van der Waals surface area contributed by atoms with Crippen molar-refractivity contribution in [1.82, 2.24) is 4.90 Å². The van der Waals surface area contributed by atoms with Gasteiger partial charge < -0.3 is 4.90 Å². The van der Waals surface area contributed by atoms with Crippen molar-refractivity contribution in [3.63, 3.8) is 0 Å². The number of amides is 1. The van der Waals surface area contributed by atoms with Crippen molar-refractivity contribution >= 4 is 11.7 Å². The Hall–Kier alpha value is -1.12. The van der Waals surface area contributed by atoms with Crippen LogP contribution in [0.4, 0.5) is 0 Å². The van der Waals surface area contributed by atoms with Gasteiger partial charge in [-0.05, 0) is 26.2 Å². The van der Waals surface area contributed by atoms with Crippen LogP contribution in [0.25, 0.3) is 0 Å². The maximum atomic E-state index is 12.0. The van der Waals surface area contributed by atoms with E-state index >= 15 is 0 Å². The maximum absolute atomic E-state index is 12.0. The number of Topliss-reactive ketones (excluding diaryl/α,β-unsaturated/α-hetero) is 1. The van der Waals surface area contributed by atoms with Gasteiger partial charge in [-0.15, -0.1) is 0 Å². The lowest BCUT2D eigenvalue weighted by Gasteiger charge is -2.22. The first-order valence-corrected chi connectivity index (χ1v) is 5.56. The van der Waals surface area contributed by atoms with Gasteiger partial charge in [-0.25, -0.2) is 0 Å². The van der Waals surface area contributed by atoms with Gasteiger partial charge in [-0.3, -0.25) is 9.59 Å². The van der Waals surface area contributed by atoms with Crippen molar-refractivity contribution in [2.75, 3.05) is 13.1 Å². The molecule has 1 atom stereocenters. The molecule has 0 aromatic heterocycles. The summed E-state index contributed by atoms with van der Waals surface area (Å²) in [4.78, 5) is 25.1. The quantitative estimate of drug-likeness (QED) is 0.662. The van der Waals surface area contributed by atoms with Gasteiger partial charge in [0.05, 0.1) is 5.92 Å². The molecule has 0 aromatic carbocycles. The van der Waals surface area contributed by atoms with Gasteiger partial charge in [0.2, 0.25) is 5.91 Å². The molecule has 3 heteroatoms. The second-order valence-corrected chi connectivity index (χ2v) is 4.07. The summed E-state index contributed by atoms with van der Waals surface area (Å²) in [5, 5.41) is 0. The van der Waals surface area contributed by atoms with Gasteiger partial charge in [-0.2, -0.15) is 0 Å². The molecule has 84 valence electrons. The van der Waals surface area contributed by atoms with E-state index in [1.165, 1.54) is 6.92 Å². The number of carbonyl (C=O) groups is 2. The summed E-state index contributed by atoms with van der Waals surface area (Å²) in [6.07, 6.45) is 2.82. The first-order chi connectivity index (χ1) is 7.07. The lowest BCUT2D eigenvalue weighted by Crippen LogP contribution is -2.35. The summed E-state index contributed by atoms with van der Waals surface area (Å²) in [6, 6.07) is 0. The zero-order valence-corrected chi connectivity index (χ0v) is 9.58. The second kappa shape index (κ2) is 5.10. The van der Waals surface area contributed by atoms with Crippen LogP contribution in [0.1, 0.15) is 33.1 Å². The highest BCUT2D eigenvalue weighted by atomic mass is 16.2. The van der Waals surface area contributed by atoms with Crippen LogP contribution in [-0.4, -0.2) is 29.7 Å². The van der Waals surface area contributed by atoms with E-state index in [0.717, 1.165) is 25.9 Å². The van der Waals surface area contributed by atoms with Crippen LogP contribution in [-0.2, 0) is 9.59 Å². The van der Waals surface area contributed by atoms with E-state index in [4.69, 9.17) is 0 Å². The Morgan fingerprint density at radius 1 is 1.33 bits per heavy atom. The van der Waals surface area contributed by atoms with E-state index < -0.39 is 0 Å². The molecule has 1 saturated heterocycles. The molecule has 0 unspecified atom stereocenters. The number of carbonyl (C=O) groups excluding carboxylic acids is 2. The van der Waals surface area contributed by atoms with Crippen LogP contribution in [0.15, 0.2) is 12.2 Å². The van der Waals surface area contributed by atoms with E-state index in [1.54, 1.807) is 0 Å². The molecule has 0 aromatic rings. The zero-order valence-electron chi connectivity index (χ0n) is 9.58.